The highest BCUT2D eigenvalue weighted by Gasteiger charge is 2.16. The molecule has 1 N–H and O–H groups in total. The Morgan fingerprint density at radius 1 is 1.43 bits per heavy atom. The highest BCUT2D eigenvalue weighted by atomic mass is 35.5. The van der Waals surface area contributed by atoms with E-state index in [0.717, 1.165) is 10.9 Å². The summed E-state index contributed by atoms with van der Waals surface area (Å²) in [6, 6.07) is 7.87. The van der Waals surface area contributed by atoms with Crippen LogP contribution in [0.15, 0.2) is 40.1 Å². The second-order valence-electron chi connectivity index (χ2n) is 4.85. The zero-order valence-electron chi connectivity index (χ0n) is 12.1. The number of nitrogens with zero attached hydrogens (tertiary/aromatic N) is 1. The molecule has 23 heavy (non-hydrogen) atoms. The summed E-state index contributed by atoms with van der Waals surface area (Å²) < 4.78 is 19.3. The number of anilines is 1. The maximum absolute atomic E-state index is 13.7. The molecule has 0 aliphatic heterocycles. The lowest BCUT2D eigenvalue weighted by molar-refractivity contribution is -0.115. The van der Waals surface area contributed by atoms with Gasteiger partial charge in [0.05, 0.1) is 22.7 Å². The van der Waals surface area contributed by atoms with Crippen molar-refractivity contribution >= 4 is 34.5 Å². The van der Waals surface area contributed by atoms with Crippen molar-refractivity contribution in [3.63, 3.8) is 0 Å². The summed E-state index contributed by atoms with van der Waals surface area (Å²) in [7, 11) is 0. The number of amides is 1. The van der Waals surface area contributed by atoms with Crippen molar-refractivity contribution in [2.45, 2.75) is 13.3 Å². The Bertz CT molecular complexity index is 846. The first-order valence-electron chi connectivity index (χ1n) is 6.78. The number of halogens is 2. The van der Waals surface area contributed by atoms with Gasteiger partial charge in [0.25, 0.3) is 0 Å². The number of benzene rings is 1. The molecule has 0 unspecified atom stereocenters. The minimum Gasteiger partial charge on any atom is -0.440 e. The molecule has 0 aliphatic rings. The summed E-state index contributed by atoms with van der Waals surface area (Å²) in [6.45, 7) is 1.75. The standard InChI is InChI=1S/C16H12ClFN2O2S/c1-9-13(20-16(22-9)14-3-2-6-23-14)8-15(21)19-12-5-4-10(17)7-11(12)18/h2-7H,8H2,1H3,(H,19,21). The molecular weight excluding hydrogens is 339 g/mol. The van der Waals surface area contributed by atoms with Gasteiger partial charge in [0.1, 0.15) is 11.6 Å². The number of oxazole rings is 1. The molecular formula is C16H12ClFN2O2S. The topological polar surface area (TPSA) is 55.1 Å². The molecule has 118 valence electrons. The van der Waals surface area contributed by atoms with Crippen LogP contribution in [0.3, 0.4) is 0 Å². The number of aromatic nitrogens is 1. The summed E-state index contributed by atoms with van der Waals surface area (Å²) >= 11 is 7.19. The van der Waals surface area contributed by atoms with E-state index in [0.29, 0.717) is 17.3 Å². The van der Waals surface area contributed by atoms with Crippen molar-refractivity contribution in [2.24, 2.45) is 0 Å². The van der Waals surface area contributed by atoms with E-state index in [4.69, 9.17) is 16.0 Å². The number of hydrogen-bond donors (Lipinski definition) is 1. The van der Waals surface area contributed by atoms with Crippen molar-refractivity contribution in [2.75, 3.05) is 5.32 Å². The van der Waals surface area contributed by atoms with E-state index >= 15 is 0 Å². The third-order valence-corrected chi connectivity index (χ3v) is 4.25. The fourth-order valence-electron chi connectivity index (χ4n) is 2.04. The summed E-state index contributed by atoms with van der Waals surface area (Å²) in [4.78, 5) is 17.3. The quantitative estimate of drug-likeness (QED) is 0.743. The minimum absolute atomic E-state index is 0.00275. The molecule has 0 radical (unpaired) electrons. The predicted octanol–water partition coefficient (Wildman–Crippen LogP) is 4.69. The van der Waals surface area contributed by atoms with Crippen LogP contribution in [0.25, 0.3) is 10.8 Å². The second kappa shape index (κ2) is 6.52. The Labute approximate surface area is 140 Å². The van der Waals surface area contributed by atoms with Crippen LogP contribution in [-0.2, 0) is 11.2 Å². The van der Waals surface area contributed by atoms with E-state index < -0.39 is 5.82 Å². The van der Waals surface area contributed by atoms with Gasteiger partial charge in [-0.05, 0) is 36.6 Å². The maximum atomic E-state index is 13.7. The first kappa shape index (κ1) is 15.7. The minimum atomic E-state index is -0.581. The number of carbonyl (C=O) groups is 1. The molecule has 0 spiro atoms. The first-order valence-corrected chi connectivity index (χ1v) is 8.04. The van der Waals surface area contributed by atoms with E-state index in [1.165, 1.54) is 23.5 Å². The smallest absolute Gasteiger partial charge is 0.236 e. The van der Waals surface area contributed by atoms with Crippen LogP contribution in [-0.4, -0.2) is 10.9 Å². The zero-order valence-corrected chi connectivity index (χ0v) is 13.7. The molecule has 3 aromatic rings. The van der Waals surface area contributed by atoms with Gasteiger partial charge in [0, 0.05) is 5.02 Å². The molecule has 1 amide bonds. The number of hydrogen-bond acceptors (Lipinski definition) is 4. The van der Waals surface area contributed by atoms with E-state index in [-0.39, 0.29) is 23.0 Å². The van der Waals surface area contributed by atoms with Gasteiger partial charge in [-0.15, -0.1) is 11.3 Å². The molecule has 2 heterocycles. The lowest BCUT2D eigenvalue weighted by Gasteiger charge is -2.05. The third kappa shape index (κ3) is 3.60. The zero-order chi connectivity index (χ0) is 16.4. The van der Waals surface area contributed by atoms with Crippen molar-refractivity contribution in [1.82, 2.24) is 4.98 Å². The lowest BCUT2D eigenvalue weighted by Crippen LogP contribution is -2.16. The van der Waals surface area contributed by atoms with E-state index in [1.54, 1.807) is 6.92 Å². The molecule has 0 atom stereocenters. The van der Waals surface area contributed by atoms with Gasteiger partial charge in [-0.25, -0.2) is 9.37 Å². The Kier molecular flexibility index (Phi) is 4.45. The highest BCUT2D eigenvalue weighted by Crippen LogP contribution is 2.26. The van der Waals surface area contributed by atoms with Crippen molar-refractivity contribution < 1.29 is 13.6 Å². The van der Waals surface area contributed by atoms with Gasteiger partial charge in [0.15, 0.2) is 0 Å². The Hall–Kier alpha value is -2.18. The van der Waals surface area contributed by atoms with Crippen LogP contribution < -0.4 is 5.32 Å². The summed E-state index contributed by atoms with van der Waals surface area (Å²) in [6.07, 6.45) is 0.00275. The summed E-state index contributed by atoms with van der Waals surface area (Å²) in [5, 5.41) is 4.70. The Morgan fingerprint density at radius 2 is 2.26 bits per heavy atom. The van der Waals surface area contributed by atoms with Gasteiger partial charge >= 0.3 is 0 Å². The average Bonchev–Trinajstić information content (AvgIpc) is 3.13. The molecule has 3 rings (SSSR count). The summed E-state index contributed by atoms with van der Waals surface area (Å²) in [5.41, 5.74) is 0.610. The van der Waals surface area contributed by atoms with Crippen molar-refractivity contribution in [3.8, 4) is 10.8 Å². The molecule has 0 saturated heterocycles. The molecule has 0 bridgehead atoms. The number of aryl methyl sites for hydroxylation is 1. The third-order valence-electron chi connectivity index (χ3n) is 3.16. The normalized spacial score (nSPS) is 10.7. The molecule has 7 heteroatoms. The number of nitrogens with one attached hydrogen (secondary N) is 1. The molecule has 2 aromatic heterocycles. The Balaban J connectivity index is 1.73. The van der Waals surface area contributed by atoms with Crippen LogP contribution in [0, 0.1) is 12.7 Å². The van der Waals surface area contributed by atoms with Gasteiger partial charge in [0.2, 0.25) is 11.8 Å². The van der Waals surface area contributed by atoms with Gasteiger partial charge in [-0.1, -0.05) is 17.7 Å². The van der Waals surface area contributed by atoms with Crippen LogP contribution in [0.2, 0.25) is 5.02 Å². The molecule has 0 saturated carbocycles. The number of rotatable bonds is 4. The molecule has 0 aliphatic carbocycles. The summed E-state index contributed by atoms with van der Waals surface area (Å²) in [5.74, 6) is 0.0976. The van der Waals surface area contributed by atoms with Crippen LogP contribution in [0.1, 0.15) is 11.5 Å². The van der Waals surface area contributed by atoms with Crippen LogP contribution in [0.4, 0.5) is 10.1 Å². The van der Waals surface area contributed by atoms with E-state index in [1.807, 2.05) is 17.5 Å². The molecule has 1 aromatic carbocycles. The number of thiophene rings is 1. The fraction of sp³-hybridized carbons (Fsp3) is 0.125. The monoisotopic (exact) mass is 350 g/mol. The van der Waals surface area contributed by atoms with Crippen LogP contribution in [0.5, 0.6) is 0 Å². The molecule has 4 nitrogen and oxygen atoms in total. The number of carbonyl (C=O) groups excluding carboxylic acids is 1. The maximum Gasteiger partial charge on any atom is 0.236 e. The van der Waals surface area contributed by atoms with Crippen molar-refractivity contribution in [3.05, 3.63) is 58.0 Å². The van der Waals surface area contributed by atoms with Crippen LogP contribution >= 0.6 is 22.9 Å². The van der Waals surface area contributed by atoms with Crippen molar-refractivity contribution in [1.29, 1.82) is 0 Å². The largest absolute Gasteiger partial charge is 0.440 e. The second-order valence-corrected chi connectivity index (χ2v) is 6.23. The highest BCUT2D eigenvalue weighted by molar-refractivity contribution is 7.13. The lowest BCUT2D eigenvalue weighted by atomic mass is 10.2. The SMILES string of the molecule is Cc1oc(-c2cccs2)nc1CC(=O)Nc1ccc(Cl)cc1F. The predicted molar refractivity (Wildman–Crippen MR) is 88.3 cm³/mol. The molecule has 0 fully saturated rings. The van der Waals surface area contributed by atoms with Gasteiger partial charge in [-0.3, -0.25) is 4.79 Å². The fourth-order valence-corrected chi connectivity index (χ4v) is 2.84. The van der Waals surface area contributed by atoms with Gasteiger partial charge < -0.3 is 9.73 Å². The average molecular weight is 351 g/mol. The Morgan fingerprint density at radius 3 is 2.96 bits per heavy atom. The van der Waals surface area contributed by atoms with Gasteiger partial charge in [-0.2, -0.15) is 0 Å². The van der Waals surface area contributed by atoms with E-state index in [9.17, 15) is 9.18 Å². The van der Waals surface area contributed by atoms with E-state index in [2.05, 4.69) is 10.3 Å². The first-order chi connectivity index (χ1) is 11.0.